The number of nitrogens with one attached hydrogen (secondary N) is 1. The lowest BCUT2D eigenvalue weighted by molar-refractivity contribution is 0.592. The topological polar surface area (TPSA) is 72.2 Å². The van der Waals surface area contributed by atoms with Gasteiger partial charge in [-0.3, -0.25) is 0 Å². The molecule has 0 heterocycles. The normalized spacial score (nSPS) is 11.7. The van der Waals surface area contributed by atoms with Gasteiger partial charge in [0, 0.05) is 13.1 Å². The minimum atomic E-state index is -3.42. The average molecular weight is 246 g/mol. The first-order valence-electron chi connectivity index (χ1n) is 4.85. The Morgan fingerprint density at radius 3 is 2.69 bits per heavy atom. The Hall–Kier alpha value is -0.980. The molecule has 0 aliphatic carbocycles. The molecule has 1 rings (SSSR count). The van der Waals surface area contributed by atoms with Crippen LogP contribution in [0, 0.1) is 12.7 Å². The monoisotopic (exact) mass is 246 g/mol. The second kappa shape index (κ2) is 5.38. The van der Waals surface area contributed by atoms with Crippen molar-refractivity contribution in [3.05, 3.63) is 35.1 Å². The molecule has 0 aromatic heterocycles. The van der Waals surface area contributed by atoms with Crippen molar-refractivity contribution in [3.63, 3.8) is 0 Å². The summed E-state index contributed by atoms with van der Waals surface area (Å²) in [5.74, 6) is -0.376. The molecule has 16 heavy (non-hydrogen) atoms. The van der Waals surface area contributed by atoms with Gasteiger partial charge < -0.3 is 5.32 Å². The Bertz CT molecular complexity index is 460. The van der Waals surface area contributed by atoms with Gasteiger partial charge in [-0.25, -0.2) is 17.9 Å². The van der Waals surface area contributed by atoms with Gasteiger partial charge in [0.2, 0.25) is 10.0 Å². The molecule has 0 aliphatic heterocycles. The van der Waals surface area contributed by atoms with Crippen molar-refractivity contribution in [2.24, 2.45) is 5.14 Å². The third kappa shape index (κ3) is 4.69. The van der Waals surface area contributed by atoms with Gasteiger partial charge in [0.1, 0.15) is 5.82 Å². The molecule has 0 saturated heterocycles. The fourth-order valence-electron chi connectivity index (χ4n) is 1.30. The fourth-order valence-corrected chi connectivity index (χ4v) is 1.72. The zero-order chi connectivity index (χ0) is 12.2. The standard InChI is InChI=1S/C10H15FN2O2S/c1-8-6-10(11)3-2-9(8)7-13-4-5-16(12,14)15/h2-3,6,13H,4-5,7H2,1H3,(H2,12,14,15). The molecule has 6 heteroatoms. The largest absolute Gasteiger partial charge is 0.312 e. The van der Waals surface area contributed by atoms with E-state index in [0.717, 1.165) is 11.1 Å². The van der Waals surface area contributed by atoms with E-state index in [9.17, 15) is 12.8 Å². The lowest BCUT2D eigenvalue weighted by atomic mass is 10.1. The van der Waals surface area contributed by atoms with Crippen molar-refractivity contribution < 1.29 is 12.8 Å². The lowest BCUT2D eigenvalue weighted by Gasteiger charge is -2.07. The number of benzene rings is 1. The van der Waals surface area contributed by atoms with Gasteiger partial charge in [-0.1, -0.05) is 6.07 Å². The van der Waals surface area contributed by atoms with Gasteiger partial charge >= 0.3 is 0 Å². The van der Waals surface area contributed by atoms with Crippen LogP contribution in [-0.2, 0) is 16.6 Å². The fraction of sp³-hybridized carbons (Fsp3) is 0.400. The summed E-state index contributed by atoms with van der Waals surface area (Å²) >= 11 is 0. The van der Waals surface area contributed by atoms with Crippen LogP contribution in [0.25, 0.3) is 0 Å². The lowest BCUT2D eigenvalue weighted by Crippen LogP contribution is -2.27. The van der Waals surface area contributed by atoms with E-state index in [4.69, 9.17) is 5.14 Å². The molecule has 1 aromatic carbocycles. The summed E-state index contributed by atoms with van der Waals surface area (Å²) in [6.07, 6.45) is 0. The molecule has 0 amide bonds. The van der Waals surface area contributed by atoms with E-state index in [1.165, 1.54) is 12.1 Å². The molecule has 0 spiro atoms. The van der Waals surface area contributed by atoms with E-state index < -0.39 is 10.0 Å². The van der Waals surface area contributed by atoms with Crippen molar-refractivity contribution in [2.75, 3.05) is 12.3 Å². The number of nitrogens with two attached hydrogens (primary N) is 1. The molecule has 0 radical (unpaired) electrons. The maximum atomic E-state index is 12.8. The molecule has 90 valence electrons. The second-order valence-corrected chi connectivity index (χ2v) is 5.35. The Morgan fingerprint density at radius 1 is 1.44 bits per heavy atom. The third-order valence-corrected chi connectivity index (χ3v) is 2.96. The molecule has 3 N–H and O–H groups in total. The van der Waals surface area contributed by atoms with E-state index in [2.05, 4.69) is 5.32 Å². The second-order valence-electron chi connectivity index (χ2n) is 3.61. The SMILES string of the molecule is Cc1cc(F)ccc1CNCCS(N)(=O)=O. The summed E-state index contributed by atoms with van der Waals surface area (Å²) in [4.78, 5) is 0. The van der Waals surface area contributed by atoms with Gasteiger partial charge in [-0.2, -0.15) is 0 Å². The van der Waals surface area contributed by atoms with Crippen LogP contribution in [0.15, 0.2) is 18.2 Å². The van der Waals surface area contributed by atoms with Crippen LogP contribution in [0.4, 0.5) is 4.39 Å². The summed E-state index contributed by atoms with van der Waals surface area (Å²) in [7, 11) is -3.42. The highest BCUT2D eigenvalue weighted by atomic mass is 32.2. The highest BCUT2D eigenvalue weighted by Crippen LogP contribution is 2.09. The zero-order valence-electron chi connectivity index (χ0n) is 9.03. The minimum absolute atomic E-state index is 0.104. The third-order valence-electron chi connectivity index (χ3n) is 2.18. The Morgan fingerprint density at radius 2 is 2.12 bits per heavy atom. The predicted molar refractivity (Wildman–Crippen MR) is 60.8 cm³/mol. The van der Waals surface area contributed by atoms with Crippen LogP contribution in [0.2, 0.25) is 0 Å². The maximum Gasteiger partial charge on any atom is 0.210 e. The van der Waals surface area contributed by atoms with Crippen LogP contribution >= 0.6 is 0 Å². The van der Waals surface area contributed by atoms with E-state index in [1.54, 1.807) is 13.0 Å². The van der Waals surface area contributed by atoms with Crippen molar-refractivity contribution >= 4 is 10.0 Å². The molecule has 0 atom stereocenters. The molecule has 0 fully saturated rings. The predicted octanol–water partition coefficient (Wildman–Crippen LogP) is 0.512. The number of halogens is 1. The summed E-state index contributed by atoms with van der Waals surface area (Å²) < 4.78 is 34.1. The summed E-state index contributed by atoms with van der Waals surface area (Å²) in [5, 5.41) is 7.78. The van der Waals surface area contributed by atoms with Gasteiger partial charge in [-0.05, 0) is 30.2 Å². The average Bonchev–Trinajstić information content (AvgIpc) is 2.13. The first-order chi connectivity index (χ1) is 7.38. The van der Waals surface area contributed by atoms with Crippen molar-refractivity contribution in [1.82, 2.24) is 5.32 Å². The Labute approximate surface area is 94.7 Å². The van der Waals surface area contributed by atoms with Crippen LogP contribution in [0.5, 0.6) is 0 Å². The molecular weight excluding hydrogens is 231 g/mol. The van der Waals surface area contributed by atoms with Crippen LogP contribution in [-0.4, -0.2) is 20.7 Å². The van der Waals surface area contributed by atoms with Crippen LogP contribution in [0.3, 0.4) is 0 Å². The van der Waals surface area contributed by atoms with Crippen molar-refractivity contribution in [1.29, 1.82) is 0 Å². The maximum absolute atomic E-state index is 12.8. The number of rotatable bonds is 5. The van der Waals surface area contributed by atoms with E-state index in [0.29, 0.717) is 6.54 Å². The number of sulfonamides is 1. The zero-order valence-corrected chi connectivity index (χ0v) is 9.85. The Balaban J connectivity index is 2.43. The summed E-state index contributed by atoms with van der Waals surface area (Å²) in [6.45, 7) is 2.59. The summed E-state index contributed by atoms with van der Waals surface area (Å²) in [5.41, 5.74) is 1.78. The molecule has 1 aromatic rings. The van der Waals surface area contributed by atoms with Crippen molar-refractivity contribution in [3.8, 4) is 0 Å². The van der Waals surface area contributed by atoms with Gasteiger partial charge in [0.15, 0.2) is 0 Å². The molecule has 0 saturated carbocycles. The van der Waals surface area contributed by atoms with Gasteiger partial charge in [-0.15, -0.1) is 0 Å². The van der Waals surface area contributed by atoms with Gasteiger partial charge in [0.05, 0.1) is 5.75 Å². The molecule has 0 aliphatic rings. The number of hydrogen-bond donors (Lipinski definition) is 2. The quantitative estimate of drug-likeness (QED) is 0.744. The molecule has 0 unspecified atom stereocenters. The van der Waals surface area contributed by atoms with Crippen molar-refractivity contribution in [2.45, 2.75) is 13.5 Å². The first kappa shape index (κ1) is 13.1. The number of hydrogen-bond acceptors (Lipinski definition) is 3. The number of primary sulfonamides is 1. The molecular formula is C10H15FN2O2S. The van der Waals surface area contributed by atoms with E-state index in [-0.39, 0.29) is 18.1 Å². The summed E-state index contributed by atoms with van der Waals surface area (Å²) in [6, 6.07) is 4.50. The molecule has 4 nitrogen and oxygen atoms in total. The highest BCUT2D eigenvalue weighted by molar-refractivity contribution is 7.89. The van der Waals surface area contributed by atoms with E-state index in [1.807, 2.05) is 0 Å². The highest BCUT2D eigenvalue weighted by Gasteiger charge is 2.03. The Kier molecular flexibility index (Phi) is 4.40. The van der Waals surface area contributed by atoms with Crippen LogP contribution < -0.4 is 10.5 Å². The smallest absolute Gasteiger partial charge is 0.210 e. The van der Waals surface area contributed by atoms with E-state index >= 15 is 0 Å². The minimum Gasteiger partial charge on any atom is -0.312 e. The van der Waals surface area contributed by atoms with Gasteiger partial charge in [0.25, 0.3) is 0 Å². The van der Waals surface area contributed by atoms with Crippen LogP contribution in [0.1, 0.15) is 11.1 Å². The number of aryl methyl sites for hydroxylation is 1. The molecule has 0 bridgehead atoms. The first-order valence-corrected chi connectivity index (χ1v) is 6.56.